The molecule has 7 heteroatoms. The Morgan fingerprint density at radius 1 is 1.32 bits per heavy atom. The van der Waals surface area contributed by atoms with E-state index in [4.69, 9.17) is 18.9 Å². The van der Waals surface area contributed by atoms with Crippen LogP contribution in [0.2, 0.25) is 0 Å². The number of carbonyl (C=O) groups is 1. The predicted molar refractivity (Wildman–Crippen MR) is 118 cm³/mol. The molecule has 4 aliphatic rings. The Labute approximate surface area is 186 Å². The zero-order chi connectivity index (χ0) is 22.2. The molecule has 7 nitrogen and oxygen atoms in total. The summed E-state index contributed by atoms with van der Waals surface area (Å²) in [6.45, 7) is 12.8. The lowest BCUT2D eigenvalue weighted by atomic mass is 9.68. The van der Waals surface area contributed by atoms with E-state index in [1.807, 2.05) is 4.90 Å². The third kappa shape index (κ3) is 4.65. The summed E-state index contributed by atoms with van der Waals surface area (Å²) in [6.07, 6.45) is 5.36. The summed E-state index contributed by atoms with van der Waals surface area (Å²) < 4.78 is 24.2. The zero-order valence-electron chi connectivity index (χ0n) is 19.8. The highest BCUT2D eigenvalue weighted by Gasteiger charge is 2.72. The smallest absolute Gasteiger partial charge is 0.410 e. The Balaban J connectivity index is 1.36. The number of likely N-dealkylation sites (tertiary alicyclic amines) is 1. The van der Waals surface area contributed by atoms with E-state index >= 15 is 0 Å². The first-order valence-corrected chi connectivity index (χ1v) is 12.0. The van der Waals surface area contributed by atoms with Gasteiger partial charge in [-0.15, -0.1) is 0 Å². The third-order valence-corrected chi connectivity index (χ3v) is 7.68. The molecule has 3 saturated heterocycles. The predicted octanol–water partition coefficient (Wildman–Crippen LogP) is 3.13. The van der Waals surface area contributed by atoms with Gasteiger partial charge in [-0.05, 0) is 65.5 Å². The van der Waals surface area contributed by atoms with Crippen molar-refractivity contribution in [3.63, 3.8) is 0 Å². The molecule has 1 spiro atoms. The lowest BCUT2D eigenvalue weighted by Gasteiger charge is -2.44. The van der Waals surface area contributed by atoms with Gasteiger partial charge in [0.2, 0.25) is 0 Å². The molecule has 1 aliphatic carbocycles. The topological polar surface area (TPSA) is 75.9 Å². The summed E-state index contributed by atoms with van der Waals surface area (Å²) in [5.74, 6) is 0.637. The van der Waals surface area contributed by atoms with Crippen LogP contribution in [0.15, 0.2) is 11.6 Å². The molecule has 0 aromatic carbocycles. The Bertz CT molecular complexity index is 683. The number of methoxy groups -OCH3 is 1. The Morgan fingerprint density at radius 2 is 2.06 bits per heavy atom. The number of epoxide rings is 2. The highest BCUT2D eigenvalue weighted by atomic mass is 16.6. The fraction of sp³-hybridized carbons (Fsp3) is 0.875. The minimum Gasteiger partial charge on any atom is -0.443 e. The maximum atomic E-state index is 12.8. The molecule has 0 radical (unpaired) electrons. The maximum absolute atomic E-state index is 12.8. The molecular formula is C24H40N2O5. The highest BCUT2D eigenvalue weighted by molar-refractivity contribution is 5.69. The molecule has 4 fully saturated rings. The van der Waals surface area contributed by atoms with Gasteiger partial charge >= 0.3 is 6.09 Å². The molecule has 31 heavy (non-hydrogen) atoms. The highest BCUT2D eigenvalue weighted by Crippen LogP contribution is 2.59. The van der Waals surface area contributed by atoms with Crippen LogP contribution in [0.4, 0.5) is 4.79 Å². The standard InChI is InChI=1S/C24H40N2O5/c1-6-25-12-10-17-13-26(14-17)22(27)30-18-9-11-24(15-29-24)21(20(18)28-5)23(4)19(31-23)8-7-16(2)3/h7,17-21,25H,6,8-15H2,1-5H3/t18-,19-,20-,21-,23+,24?/m1/s1. The van der Waals surface area contributed by atoms with Gasteiger partial charge in [0.05, 0.1) is 18.6 Å². The number of rotatable bonds is 9. The Hall–Kier alpha value is -1.15. The minimum absolute atomic E-state index is 0.0661. The summed E-state index contributed by atoms with van der Waals surface area (Å²) in [4.78, 5) is 14.6. The first-order valence-electron chi connectivity index (χ1n) is 12.0. The molecule has 1 unspecified atom stereocenters. The van der Waals surface area contributed by atoms with Crippen molar-refractivity contribution < 1.29 is 23.7 Å². The molecular weight excluding hydrogens is 396 g/mol. The fourth-order valence-corrected chi connectivity index (χ4v) is 5.66. The largest absolute Gasteiger partial charge is 0.443 e. The molecule has 6 atom stereocenters. The van der Waals surface area contributed by atoms with Gasteiger partial charge in [-0.3, -0.25) is 0 Å². The number of carbonyl (C=O) groups excluding carboxylic acids is 1. The van der Waals surface area contributed by atoms with Crippen molar-refractivity contribution >= 4 is 6.09 Å². The van der Waals surface area contributed by atoms with Crippen LogP contribution in [0.1, 0.15) is 53.4 Å². The molecule has 0 aromatic heterocycles. The van der Waals surface area contributed by atoms with Crippen molar-refractivity contribution in [2.75, 3.05) is 39.9 Å². The second kappa shape index (κ2) is 9.00. The SMILES string of the molecule is CCNCCC1CN(C(=O)O[C@@H]2CCC3(CO3)[C@@H]([C@@]3(C)O[C@@H]3CC=C(C)C)[C@@H]2OC)C1. The number of allylic oxidation sites excluding steroid dienone is 1. The zero-order valence-corrected chi connectivity index (χ0v) is 19.8. The van der Waals surface area contributed by atoms with Gasteiger partial charge in [-0.1, -0.05) is 18.6 Å². The van der Waals surface area contributed by atoms with E-state index in [1.54, 1.807) is 7.11 Å². The third-order valence-electron chi connectivity index (χ3n) is 7.68. The number of hydrogen-bond donors (Lipinski definition) is 1. The van der Waals surface area contributed by atoms with Gasteiger partial charge in [-0.25, -0.2) is 4.79 Å². The summed E-state index contributed by atoms with van der Waals surface area (Å²) in [7, 11) is 1.72. The summed E-state index contributed by atoms with van der Waals surface area (Å²) >= 11 is 0. The van der Waals surface area contributed by atoms with E-state index in [-0.39, 0.29) is 41.5 Å². The monoisotopic (exact) mass is 436 g/mol. The van der Waals surface area contributed by atoms with Gasteiger partial charge < -0.3 is 29.2 Å². The molecule has 1 saturated carbocycles. The number of ether oxygens (including phenoxy) is 4. The van der Waals surface area contributed by atoms with Gasteiger partial charge in [0, 0.05) is 20.2 Å². The van der Waals surface area contributed by atoms with Crippen LogP contribution in [0.25, 0.3) is 0 Å². The van der Waals surface area contributed by atoms with Gasteiger partial charge in [0.1, 0.15) is 23.4 Å². The van der Waals surface area contributed by atoms with Crippen LogP contribution < -0.4 is 5.32 Å². The van der Waals surface area contributed by atoms with Crippen molar-refractivity contribution in [3.05, 3.63) is 11.6 Å². The molecule has 4 rings (SSSR count). The average molecular weight is 437 g/mol. The number of amides is 1. The Kier molecular flexibility index (Phi) is 6.69. The second-order valence-electron chi connectivity index (χ2n) is 10.2. The van der Waals surface area contributed by atoms with E-state index in [1.165, 1.54) is 5.57 Å². The van der Waals surface area contributed by atoms with Crippen molar-refractivity contribution in [2.24, 2.45) is 11.8 Å². The van der Waals surface area contributed by atoms with Crippen LogP contribution in [-0.4, -0.2) is 80.4 Å². The maximum Gasteiger partial charge on any atom is 0.410 e. The average Bonchev–Trinajstić information content (AvgIpc) is 3.60. The molecule has 0 aromatic rings. The molecule has 3 aliphatic heterocycles. The van der Waals surface area contributed by atoms with Crippen molar-refractivity contribution in [3.8, 4) is 0 Å². The lowest BCUT2D eigenvalue weighted by Crippen LogP contribution is -2.57. The van der Waals surface area contributed by atoms with Crippen LogP contribution in [0, 0.1) is 11.8 Å². The number of nitrogens with zero attached hydrogens (tertiary/aromatic N) is 1. The summed E-state index contributed by atoms with van der Waals surface area (Å²) in [5.41, 5.74) is 0.807. The Morgan fingerprint density at radius 3 is 2.68 bits per heavy atom. The quantitative estimate of drug-likeness (QED) is 0.340. The van der Waals surface area contributed by atoms with Crippen LogP contribution >= 0.6 is 0 Å². The summed E-state index contributed by atoms with van der Waals surface area (Å²) in [6, 6.07) is 0. The molecule has 0 bridgehead atoms. The van der Waals surface area contributed by atoms with Gasteiger partial charge in [0.25, 0.3) is 0 Å². The van der Waals surface area contributed by atoms with Crippen molar-refractivity contribution in [1.29, 1.82) is 0 Å². The fourth-order valence-electron chi connectivity index (χ4n) is 5.66. The van der Waals surface area contributed by atoms with Crippen LogP contribution in [0.5, 0.6) is 0 Å². The van der Waals surface area contributed by atoms with Gasteiger partial charge in [-0.2, -0.15) is 0 Å². The first-order chi connectivity index (χ1) is 14.8. The van der Waals surface area contributed by atoms with E-state index in [0.29, 0.717) is 5.92 Å². The second-order valence-corrected chi connectivity index (χ2v) is 10.2. The van der Waals surface area contributed by atoms with Gasteiger partial charge in [0.15, 0.2) is 0 Å². The minimum atomic E-state index is -0.303. The van der Waals surface area contributed by atoms with E-state index < -0.39 is 0 Å². The van der Waals surface area contributed by atoms with E-state index in [9.17, 15) is 4.79 Å². The molecule has 1 amide bonds. The summed E-state index contributed by atoms with van der Waals surface area (Å²) in [5, 5.41) is 3.35. The van der Waals surface area contributed by atoms with Crippen molar-refractivity contribution in [1.82, 2.24) is 10.2 Å². The lowest BCUT2D eigenvalue weighted by molar-refractivity contribution is -0.124. The molecule has 176 valence electrons. The van der Waals surface area contributed by atoms with Crippen LogP contribution in [-0.2, 0) is 18.9 Å². The van der Waals surface area contributed by atoms with E-state index in [2.05, 4.69) is 39.1 Å². The number of hydrogen-bond acceptors (Lipinski definition) is 6. The molecule has 1 N–H and O–H groups in total. The number of nitrogens with one attached hydrogen (secondary N) is 1. The normalized spacial score (nSPS) is 39.2. The first kappa shape index (κ1) is 23.0. The molecule has 3 heterocycles. The van der Waals surface area contributed by atoms with Crippen LogP contribution in [0.3, 0.4) is 0 Å². The van der Waals surface area contributed by atoms with E-state index in [0.717, 1.165) is 58.5 Å². The van der Waals surface area contributed by atoms with Crippen molar-refractivity contribution in [2.45, 2.75) is 82.9 Å².